The van der Waals surface area contributed by atoms with E-state index < -0.39 is 0 Å². The normalized spacial score (nSPS) is 23.3. The van der Waals surface area contributed by atoms with E-state index in [0.29, 0.717) is 11.7 Å². The van der Waals surface area contributed by atoms with Gasteiger partial charge in [0.1, 0.15) is 5.69 Å². The van der Waals surface area contributed by atoms with Crippen molar-refractivity contribution in [3.63, 3.8) is 0 Å². The van der Waals surface area contributed by atoms with Crippen molar-refractivity contribution >= 4 is 11.6 Å². The van der Waals surface area contributed by atoms with Crippen LogP contribution in [0.2, 0.25) is 0 Å². The molecule has 6 heteroatoms. The van der Waals surface area contributed by atoms with Crippen molar-refractivity contribution in [1.82, 2.24) is 15.2 Å². The average Bonchev–Trinajstić information content (AvgIpc) is 2.62. The topological polar surface area (TPSA) is 57.7 Å². The molecule has 1 amide bonds. The van der Waals surface area contributed by atoms with Crippen LogP contribution in [0.1, 0.15) is 23.3 Å². The molecular formula is C16H24N4O2. The Kier molecular flexibility index (Phi) is 4.90. The maximum atomic E-state index is 11.5. The highest BCUT2D eigenvalue weighted by Crippen LogP contribution is 2.19. The van der Waals surface area contributed by atoms with Gasteiger partial charge in [0.25, 0.3) is 5.91 Å². The lowest BCUT2D eigenvalue weighted by Gasteiger charge is -2.41. The average molecular weight is 304 g/mol. The second-order valence-electron chi connectivity index (χ2n) is 5.87. The zero-order valence-corrected chi connectivity index (χ0v) is 13.1. The molecule has 0 spiro atoms. The number of ether oxygens (including phenoxy) is 1. The third kappa shape index (κ3) is 3.39. The summed E-state index contributed by atoms with van der Waals surface area (Å²) >= 11 is 0. The van der Waals surface area contributed by atoms with E-state index in [1.54, 1.807) is 19.3 Å². The first-order chi connectivity index (χ1) is 10.8. The standard InChI is InChI=1S/C16H24N4O2/c1-17-16(21)15-5-4-13(11-18-15)19-6-8-20(9-7-19)14-3-2-10-22-12-14/h4-5,11,14H,2-3,6-10,12H2,1H3,(H,17,21). The smallest absolute Gasteiger partial charge is 0.269 e. The predicted octanol–water partition coefficient (Wildman–Crippen LogP) is 0.742. The monoisotopic (exact) mass is 304 g/mol. The van der Waals surface area contributed by atoms with E-state index in [2.05, 4.69) is 20.1 Å². The third-order valence-corrected chi connectivity index (χ3v) is 4.54. The van der Waals surface area contributed by atoms with Gasteiger partial charge in [0.2, 0.25) is 0 Å². The molecule has 2 aliphatic heterocycles. The summed E-state index contributed by atoms with van der Waals surface area (Å²) in [5.74, 6) is -0.145. The molecule has 1 atom stereocenters. The van der Waals surface area contributed by atoms with E-state index in [0.717, 1.165) is 45.1 Å². The van der Waals surface area contributed by atoms with Gasteiger partial charge in [0, 0.05) is 45.9 Å². The summed E-state index contributed by atoms with van der Waals surface area (Å²) < 4.78 is 5.59. The maximum Gasteiger partial charge on any atom is 0.269 e. The van der Waals surface area contributed by atoms with Gasteiger partial charge in [-0.2, -0.15) is 0 Å². The van der Waals surface area contributed by atoms with Crippen molar-refractivity contribution in [2.24, 2.45) is 0 Å². The van der Waals surface area contributed by atoms with Gasteiger partial charge in [-0.3, -0.25) is 9.69 Å². The fraction of sp³-hybridized carbons (Fsp3) is 0.625. The number of carbonyl (C=O) groups is 1. The number of carbonyl (C=O) groups excluding carboxylic acids is 1. The van der Waals surface area contributed by atoms with Crippen LogP contribution in [0.15, 0.2) is 18.3 Å². The minimum absolute atomic E-state index is 0.145. The molecule has 120 valence electrons. The number of anilines is 1. The fourth-order valence-corrected chi connectivity index (χ4v) is 3.19. The van der Waals surface area contributed by atoms with E-state index in [1.165, 1.54) is 12.8 Å². The number of nitrogens with one attached hydrogen (secondary N) is 1. The minimum atomic E-state index is -0.145. The van der Waals surface area contributed by atoms with Crippen LogP contribution in [0.25, 0.3) is 0 Å². The van der Waals surface area contributed by atoms with Crippen LogP contribution in [-0.2, 0) is 4.74 Å². The summed E-state index contributed by atoms with van der Waals surface area (Å²) in [6, 6.07) is 4.36. The summed E-state index contributed by atoms with van der Waals surface area (Å²) in [5, 5.41) is 2.59. The second-order valence-corrected chi connectivity index (χ2v) is 5.87. The Morgan fingerprint density at radius 1 is 1.32 bits per heavy atom. The highest BCUT2D eigenvalue weighted by atomic mass is 16.5. The number of hydrogen-bond donors (Lipinski definition) is 1. The molecule has 1 unspecified atom stereocenters. The lowest BCUT2D eigenvalue weighted by atomic mass is 10.1. The Labute approximate surface area is 131 Å². The van der Waals surface area contributed by atoms with Crippen LogP contribution in [0.5, 0.6) is 0 Å². The molecule has 0 aliphatic carbocycles. The second kappa shape index (κ2) is 7.07. The number of rotatable bonds is 3. The maximum absolute atomic E-state index is 11.5. The Balaban J connectivity index is 1.55. The molecule has 0 saturated carbocycles. The first-order valence-corrected chi connectivity index (χ1v) is 8.03. The number of hydrogen-bond acceptors (Lipinski definition) is 5. The first kappa shape index (κ1) is 15.2. The van der Waals surface area contributed by atoms with Crippen LogP contribution in [0.3, 0.4) is 0 Å². The van der Waals surface area contributed by atoms with E-state index >= 15 is 0 Å². The van der Waals surface area contributed by atoms with E-state index in [1.807, 2.05) is 6.07 Å². The lowest BCUT2D eigenvalue weighted by molar-refractivity contribution is 0.0159. The van der Waals surface area contributed by atoms with Gasteiger partial charge in [-0.1, -0.05) is 0 Å². The van der Waals surface area contributed by atoms with Gasteiger partial charge in [0.15, 0.2) is 0 Å². The summed E-state index contributed by atoms with van der Waals surface area (Å²) in [5.41, 5.74) is 1.55. The molecule has 6 nitrogen and oxygen atoms in total. The van der Waals surface area contributed by atoms with Gasteiger partial charge in [-0.05, 0) is 25.0 Å². The SMILES string of the molecule is CNC(=O)c1ccc(N2CCN(C3CCCOC3)CC2)cn1. The first-order valence-electron chi connectivity index (χ1n) is 8.03. The van der Waals surface area contributed by atoms with Gasteiger partial charge in [0.05, 0.1) is 18.5 Å². The number of aromatic nitrogens is 1. The molecule has 3 rings (SSSR count). The number of piperazine rings is 1. The van der Waals surface area contributed by atoms with E-state index in [9.17, 15) is 4.79 Å². The molecule has 0 aromatic carbocycles. The van der Waals surface area contributed by atoms with Crippen LogP contribution in [0.4, 0.5) is 5.69 Å². The summed E-state index contributed by atoms with van der Waals surface area (Å²) in [7, 11) is 1.62. The van der Waals surface area contributed by atoms with Crippen molar-refractivity contribution in [2.75, 3.05) is 51.3 Å². The Bertz CT molecular complexity index is 491. The van der Waals surface area contributed by atoms with Gasteiger partial charge >= 0.3 is 0 Å². The Hall–Kier alpha value is -1.66. The summed E-state index contributed by atoms with van der Waals surface area (Å²) in [6.07, 6.45) is 4.22. The molecule has 2 aliphatic rings. The zero-order chi connectivity index (χ0) is 15.4. The van der Waals surface area contributed by atoms with Crippen molar-refractivity contribution in [3.05, 3.63) is 24.0 Å². The van der Waals surface area contributed by atoms with Gasteiger partial charge < -0.3 is 15.0 Å². The third-order valence-electron chi connectivity index (χ3n) is 4.54. The highest BCUT2D eigenvalue weighted by molar-refractivity contribution is 5.92. The van der Waals surface area contributed by atoms with Gasteiger partial charge in [-0.25, -0.2) is 4.98 Å². The molecule has 22 heavy (non-hydrogen) atoms. The fourth-order valence-electron chi connectivity index (χ4n) is 3.19. The summed E-state index contributed by atoms with van der Waals surface area (Å²) in [6.45, 7) is 5.91. The summed E-state index contributed by atoms with van der Waals surface area (Å²) in [4.78, 5) is 20.6. The molecule has 0 radical (unpaired) electrons. The quantitative estimate of drug-likeness (QED) is 0.893. The van der Waals surface area contributed by atoms with Crippen molar-refractivity contribution in [2.45, 2.75) is 18.9 Å². The Morgan fingerprint density at radius 3 is 2.73 bits per heavy atom. The highest BCUT2D eigenvalue weighted by Gasteiger charge is 2.25. The molecule has 3 heterocycles. The Morgan fingerprint density at radius 2 is 2.14 bits per heavy atom. The predicted molar refractivity (Wildman–Crippen MR) is 85.3 cm³/mol. The number of nitrogens with zero attached hydrogens (tertiary/aromatic N) is 3. The van der Waals surface area contributed by atoms with Crippen LogP contribution >= 0.6 is 0 Å². The molecule has 1 N–H and O–H groups in total. The van der Waals surface area contributed by atoms with Crippen molar-refractivity contribution < 1.29 is 9.53 Å². The minimum Gasteiger partial charge on any atom is -0.380 e. The molecule has 2 fully saturated rings. The lowest BCUT2D eigenvalue weighted by Crippen LogP contribution is -2.52. The largest absolute Gasteiger partial charge is 0.380 e. The number of pyridine rings is 1. The molecular weight excluding hydrogens is 280 g/mol. The zero-order valence-electron chi connectivity index (χ0n) is 13.1. The van der Waals surface area contributed by atoms with Crippen LogP contribution < -0.4 is 10.2 Å². The molecule has 0 bridgehead atoms. The van der Waals surface area contributed by atoms with Crippen molar-refractivity contribution in [3.8, 4) is 0 Å². The van der Waals surface area contributed by atoms with E-state index in [-0.39, 0.29) is 5.91 Å². The molecule has 1 aromatic rings. The van der Waals surface area contributed by atoms with Crippen LogP contribution in [0, 0.1) is 0 Å². The van der Waals surface area contributed by atoms with Gasteiger partial charge in [-0.15, -0.1) is 0 Å². The number of amides is 1. The van der Waals surface area contributed by atoms with Crippen LogP contribution in [-0.4, -0.2) is 68.3 Å². The van der Waals surface area contributed by atoms with Crippen molar-refractivity contribution in [1.29, 1.82) is 0 Å². The molecule has 2 saturated heterocycles. The molecule has 1 aromatic heterocycles. The van der Waals surface area contributed by atoms with E-state index in [4.69, 9.17) is 4.74 Å².